The van der Waals surface area contributed by atoms with Gasteiger partial charge in [0.05, 0.1) is 6.10 Å². The summed E-state index contributed by atoms with van der Waals surface area (Å²) >= 11 is 0. The third-order valence-corrected chi connectivity index (χ3v) is 3.67. The average molecular weight is 257 g/mol. The molecule has 0 amide bonds. The van der Waals surface area contributed by atoms with Crippen molar-refractivity contribution in [1.29, 1.82) is 0 Å². The molecule has 0 radical (unpaired) electrons. The van der Waals surface area contributed by atoms with Crippen molar-refractivity contribution < 1.29 is 5.11 Å². The molecule has 4 nitrogen and oxygen atoms in total. The Morgan fingerprint density at radius 3 is 2.06 bits per heavy atom. The molecule has 1 aliphatic heterocycles. The van der Waals surface area contributed by atoms with Crippen LogP contribution in [-0.4, -0.2) is 85.8 Å². The number of piperazine rings is 1. The summed E-state index contributed by atoms with van der Waals surface area (Å²) in [5.74, 6) is 0. The van der Waals surface area contributed by atoms with Crippen LogP contribution in [0.2, 0.25) is 0 Å². The number of aliphatic hydroxyl groups is 1. The zero-order valence-corrected chi connectivity index (χ0v) is 12.4. The number of hydrogen-bond donors (Lipinski definition) is 1. The molecular weight excluding hydrogens is 226 g/mol. The van der Waals surface area contributed by atoms with E-state index in [1.54, 1.807) is 0 Å². The largest absolute Gasteiger partial charge is 0.393 e. The highest BCUT2D eigenvalue weighted by Crippen LogP contribution is 2.06. The summed E-state index contributed by atoms with van der Waals surface area (Å²) < 4.78 is 0. The lowest BCUT2D eigenvalue weighted by Gasteiger charge is -2.35. The summed E-state index contributed by atoms with van der Waals surface area (Å²) in [5, 5.41) is 9.20. The van der Waals surface area contributed by atoms with E-state index in [-0.39, 0.29) is 6.10 Å². The molecule has 1 unspecified atom stereocenters. The predicted octanol–water partition coefficient (Wildman–Crippen LogP) is 0.717. The maximum atomic E-state index is 9.20. The van der Waals surface area contributed by atoms with Crippen molar-refractivity contribution in [3.8, 4) is 0 Å². The molecule has 0 aromatic rings. The first-order valence-corrected chi connectivity index (χ1v) is 7.35. The van der Waals surface area contributed by atoms with Crippen molar-refractivity contribution in [1.82, 2.24) is 14.7 Å². The van der Waals surface area contributed by atoms with Crippen LogP contribution in [0.1, 0.15) is 26.2 Å². The smallest absolute Gasteiger partial charge is 0.0512 e. The highest BCUT2D eigenvalue weighted by molar-refractivity contribution is 4.72. The Morgan fingerprint density at radius 2 is 1.56 bits per heavy atom. The molecule has 4 heteroatoms. The van der Waals surface area contributed by atoms with Crippen LogP contribution in [0.25, 0.3) is 0 Å². The average Bonchev–Trinajstić information content (AvgIpc) is 2.33. The molecule has 0 aromatic heterocycles. The van der Waals surface area contributed by atoms with E-state index in [1.165, 1.54) is 45.7 Å². The maximum Gasteiger partial charge on any atom is 0.0512 e. The molecule has 1 heterocycles. The van der Waals surface area contributed by atoms with Gasteiger partial charge in [0, 0.05) is 39.3 Å². The van der Waals surface area contributed by atoms with Crippen molar-refractivity contribution in [3.63, 3.8) is 0 Å². The summed E-state index contributed by atoms with van der Waals surface area (Å²) in [6.07, 6.45) is 3.19. The minimum atomic E-state index is -0.132. The van der Waals surface area contributed by atoms with Gasteiger partial charge in [0.25, 0.3) is 0 Å². The number of unbranched alkanes of at least 4 members (excludes halogenated alkanes) is 1. The zero-order chi connectivity index (χ0) is 13.4. The highest BCUT2D eigenvalue weighted by Gasteiger charge is 2.15. The highest BCUT2D eigenvalue weighted by atomic mass is 16.3. The van der Waals surface area contributed by atoms with Gasteiger partial charge in [0.2, 0.25) is 0 Å². The molecule has 108 valence electrons. The van der Waals surface area contributed by atoms with E-state index in [1.807, 2.05) is 6.92 Å². The second kappa shape index (κ2) is 8.86. The van der Waals surface area contributed by atoms with E-state index in [2.05, 4.69) is 28.8 Å². The molecule has 1 atom stereocenters. The fourth-order valence-corrected chi connectivity index (χ4v) is 2.35. The van der Waals surface area contributed by atoms with E-state index >= 15 is 0 Å². The summed E-state index contributed by atoms with van der Waals surface area (Å²) in [5.41, 5.74) is 0. The lowest BCUT2D eigenvalue weighted by Crippen LogP contribution is -2.48. The number of aliphatic hydroxyl groups excluding tert-OH is 1. The van der Waals surface area contributed by atoms with Crippen LogP contribution in [0.4, 0.5) is 0 Å². The molecule has 1 aliphatic rings. The molecule has 1 fully saturated rings. The van der Waals surface area contributed by atoms with Crippen LogP contribution in [0.15, 0.2) is 0 Å². The first kappa shape index (κ1) is 15.9. The van der Waals surface area contributed by atoms with Gasteiger partial charge in [-0.15, -0.1) is 0 Å². The second-order valence-corrected chi connectivity index (χ2v) is 5.83. The minimum Gasteiger partial charge on any atom is -0.393 e. The third-order valence-electron chi connectivity index (χ3n) is 3.67. The summed E-state index contributed by atoms with van der Waals surface area (Å²) in [6.45, 7) is 10.3. The summed E-state index contributed by atoms with van der Waals surface area (Å²) in [4.78, 5) is 7.38. The second-order valence-electron chi connectivity index (χ2n) is 5.83. The van der Waals surface area contributed by atoms with Crippen LogP contribution < -0.4 is 0 Å². The standard InChI is InChI=1S/C14H31N3O/c1-14(18)6-4-5-7-16-10-12-17(13-11-16)9-8-15(2)3/h14,18H,4-13H2,1-3H3. The molecule has 0 aliphatic carbocycles. The van der Waals surface area contributed by atoms with Crippen molar-refractivity contribution in [2.24, 2.45) is 0 Å². The van der Waals surface area contributed by atoms with E-state index < -0.39 is 0 Å². The van der Waals surface area contributed by atoms with E-state index in [0.29, 0.717) is 0 Å². The van der Waals surface area contributed by atoms with Gasteiger partial charge < -0.3 is 14.9 Å². The summed E-state index contributed by atoms with van der Waals surface area (Å²) in [6, 6.07) is 0. The van der Waals surface area contributed by atoms with Crippen molar-refractivity contribution in [2.75, 3.05) is 59.9 Å². The zero-order valence-electron chi connectivity index (χ0n) is 12.4. The first-order valence-electron chi connectivity index (χ1n) is 7.35. The van der Waals surface area contributed by atoms with Crippen LogP contribution in [0.5, 0.6) is 0 Å². The third kappa shape index (κ3) is 7.31. The van der Waals surface area contributed by atoms with Crippen LogP contribution in [0, 0.1) is 0 Å². The van der Waals surface area contributed by atoms with Gasteiger partial charge in [0.15, 0.2) is 0 Å². The van der Waals surface area contributed by atoms with E-state index in [9.17, 15) is 5.11 Å². The molecule has 1 N–H and O–H groups in total. The lowest BCUT2D eigenvalue weighted by molar-refractivity contribution is 0.121. The van der Waals surface area contributed by atoms with Gasteiger partial charge in [-0.3, -0.25) is 4.90 Å². The molecule has 18 heavy (non-hydrogen) atoms. The lowest BCUT2D eigenvalue weighted by atomic mass is 10.1. The Balaban J connectivity index is 2.01. The van der Waals surface area contributed by atoms with E-state index in [0.717, 1.165) is 19.4 Å². The predicted molar refractivity (Wildman–Crippen MR) is 77.0 cm³/mol. The maximum absolute atomic E-state index is 9.20. The summed E-state index contributed by atoms with van der Waals surface area (Å²) in [7, 11) is 4.27. The van der Waals surface area contributed by atoms with Crippen LogP contribution in [-0.2, 0) is 0 Å². The van der Waals surface area contributed by atoms with Crippen LogP contribution >= 0.6 is 0 Å². The topological polar surface area (TPSA) is 30.0 Å². The molecule has 1 rings (SSSR count). The van der Waals surface area contributed by atoms with Gasteiger partial charge in [-0.2, -0.15) is 0 Å². The van der Waals surface area contributed by atoms with Gasteiger partial charge >= 0.3 is 0 Å². The van der Waals surface area contributed by atoms with Crippen LogP contribution in [0.3, 0.4) is 0 Å². The Labute approximate surface area is 113 Å². The molecule has 0 saturated carbocycles. The van der Waals surface area contributed by atoms with E-state index in [4.69, 9.17) is 0 Å². The number of likely N-dealkylation sites (N-methyl/N-ethyl adjacent to an activating group) is 1. The number of nitrogens with zero attached hydrogens (tertiary/aromatic N) is 3. The number of hydrogen-bond acceptors (Lipinski definition) is 4. The molecule has 0 aromatic carbocycles. The van der Waals surface area contributed by atoms with Gasteiger partial charge in [0.1, 0.15) is 0 Å². The van der Waals surface area contributed by atoms with Crippen molar-refractivity contribution in [3.05, 3.63) is 0 Å². The molecule has 1 saturated heterocycles. The van der Waals surface area contributed by atoms with Gasteiger partial charge in [-0.05, 0) is 46.8 Å². The Bertz CT molecular complexity index is 201. The molecule has 0 bridgehead atoms. The molecule has 0 spiro atoms. The fraction of sp³-hybridized carbons (Fsp3) is 1.00. The number of rotatable bonds is 8. The fourth-order valence-electron chi connectivity index (χ4n) is 2.35. The Hall–Kier alpha value is -0.160. The van der Waals surface area contributed by atoms with Crippen molar-refractivity contribution >= 4 is 0 Å². The molecular formula is C14H31N3O. The normalized spacial score (nSPS) is 20.5. The van der Waals surface area contributed by atoms with Gasteiger partial charge in [-0.1, -0.05) is 0 Å². The Morgan fingerprint density at radius 1 is 1.00 bits per heavy atom. The quantitative estimate of drug-likeness (QED) is 0.649. The SMILES string of the molecule is CC(O)CCCCN1CCN(CCN(C)C)CC1. The van der Waals surface area contributed by atoms with Crippen molar-refractivity contribution in [2.45, 2.75) is 32.3 Å². The monoisotopic (exact) mass is 257 g/mol. The minimum absolute atomic E-state index is 0.132. The van der Waals surface area contributed by atoms with Gasteiger partial charge in [-0.25, -0.2) is 0 Å². The first-order chi connectivity index (χ1) is 8.58. The Kier molecular flexibility index (Phi) is 7.82.